The summed E-state index contributed by atoms with van der Waals surface area (Å²) in [6.07, 6.45) is 0. The monoisotopic (exact) mass is 256 g/mol. The molecule has 1 unspecified atom stereocenters. The van der Waals surface area contributed by atoms with Crippen LogP contribution >= 0.6 is 15.9 Å². The number of hydrogen-bond acceptors (Lipinski definition) is 1. The topological polar surface area (TPSA) is 9.23 Å². The summed E-state index contributed by atoms with van der Waals surface area (Å²) < 4.78 is 5.19. The van der Waals surface area contributed by atoms with Crippen LogP contribution in [0.3, 0.4) is 0 Å². The highest BCUT2D eigenvalue weighted by atomic mass is 79.9. The molecular weight excluding hydrogens is 240 g/mol. The van der Waals surface area contributed by atoms with E-state index >= 15 is 0 Å². The van der Waals surface area contributed by atoms with Crippen LogP contribution in [0.25, 0.3) is 0 Å². The van der Waals surface area contributed by atoms with Gasteiger partial charge in [0.25, 0.3) is 0 Å². The lowest BCUT2D eigenvalue weighted by Crippen LogP contribution is -2.35. The van der Waals surface area contributed by atoms with Gasteiger partial charge in [-0.1, -0.05) is 51.1 Å². The van der Waals surface area contributed by atoms with Crippen LogP contribution < -0.4 is 0 Å². The summed E-state index contributed by atoms with van der Waals surface area (Å²) in [5.41, 5.74) is 1.15. The average Bonchev–Trinajstić information content (AvgIpc) is 2.16. The van der Waals surface area contributed by atoms with Gasteiger partial charge in [-0.05, 0) is 21.5 Å². The maximum atomic E-state index is 5.60. The number of halogens is 1. The van der Waals surface area contributed by atoms with Crippen LogP contribution in [0, 0.1) is 5.41 Å². The van der Waals surface area contributed by atoms with Crippen LogP contribution in [0.2, 0.25) is 0 Å². The molecule has 2 heteroatoms. The van der Waals surface area contributed by atoms with E-state index in [0.717, 1.165) is 5.56 Å². The second kappa shape index (κ2) is 4.03. The predicted molar refractivity (Wildman–Crippen MR) is 63.5 cm³/mol. The van der Waals surface area contributed by atoms with E-state index in [2.05, 4.69) is 48.8 Å². The van der Waals surface area contributed by atoms with Crippen LogP contribution in [0.4, 0.5) is 0 Å². The second-order valence-corrected chi connectivity index (χ2v) is 5.53. The van der Waals surface area contributed by atoms with Crippen molar-refractivity contribution in [3.8, 4) is 0 Å². The van der Waals surface area contributed by atoms with Gasteiger partial charge in [-0.3, -0.25) is 0 Å². The molecule has 78 valence electrons. The maximum absolute atomic E-state index is 5.60. The van der Waals surface area contributed by atoms with E-state index < -0.39 is 4.51 Å². The summed E-state index contributed by atoms with van der Waals surface area (Å²) in [7, 11) is 1.73. The molecule has 0 radical (unpaired) electrons. The van der Waals surface area contributed by atoms with Gasteiger partial charge >= 0.3 is 0 Å². The zero-order valence-corrected chi connectivity index (χ0v) is 10.8. The first kappa shape index (κ1) is 11.7. The number of rotatable bonds is 2. The molecule has 0 aliphatic carbocycles. The Labute approximate surface area is 94.6 Å². The minimum atomic E-state index is -0.415. The first-order valence-corrected chi connectivity index (χ1v) is 5.51. The van der Waals surface area contributed by atoms with Crippen molar-refractivity contribution in [2.75, 3.05) is 7.11 Å². The van der Waals surface area contributed by atoms with Crippen molar-refractivity contribution in [3.63, 3.8) is 0 Å². The van der Waals surface area contributed by atoms with Gasteiger partial charge in [-0.15, -0.1) is 0 Å². The smallest absolute Gasteiger partial charge is 0.152 e. The van der Waals surface area contributed by atoms with Gasteiger partial charge in [0.2, 0.25) is 0 Å². The fourth-order valence-electron chi connectivity index (χ4n) is 1.51. The van der Waals surface area contributed by atoms with Gasteiger partial charge in [-0.2, -0.15) is 0 Å². The molecule has 0 bridgehead atoms. The Morgan fingerprint density at radius 2 is 1.57 bits per heavy atom. The van der Waals surface area contributed by atoms with Crippen LogP contribution in [0.1, 0.15) is 26.3 Å². The van der Waals surface area contributed by atoms with Crippen LogP contribution in [-0.2, 0) is 9.25 Å². The van der Waals surface area contributed by atoms with Crippen molar-refractivity contribution >= 4 is 15.9 Å². The van der Waals surface area contributed by atoms with Crippen molar-refractivity contribution in [2.45, 2.75) is 25.3 Å². The number of alkyl halides is 1. The van der Waals surface area contributed by atoms with Gasteiger partial charge in [0.15, 0.2) is 4.51 Å². The molecule has 0 aromatic heterocycles. The standard InChI is InChI=1S/C12H17BrO/c1-11(2,3)12(13,14-4)10-8-6-5-7-9-10/h5-9H,1-4H3. The molecule has 0 aliphatic heterocycles. The maximum Gasteiger partial charge on any atom is 0.152 e. The first-order valence-electron chi connectivity index (χ1n) is 4.71. The lowest BCUT2D eigenvalue weighted by atomic mass is 9.84. The lowest BCUT2D eigenvalue weighted by molar-refractivity contribution is -0.0123. The Balaban J connectivity index is 3.15. The SMILES string of the molecule is COC(Br)(c1ccccc1)C(C)(C)C. The number of benzene rings is 1. The molecule has 1 aromatic rings. The Bertz CT molecular complexity index is 289. The van der Waals surface area contributed by atoms with E-state index in [1.54, 1.807) is 7.11 Å². The molecule has 0 saturated heterocycles. The molecule has 0 heterocycles. The van der Waals surface area contributed by atoms with Gasteiger partial charge in [0.1, 0.15) is 0 Å². The quantitative estimate of drug-likeness (QED) is 0.729. The largest absolute Gasteiger partial charge is 0.362 e. The molecule has 1 rings (SSSR count). The summed E-state index contributed by atoms with van der Waals surface area (Å²) >= 11 is 3.69. The Morgan fingerprint density at radius 3 is 1.93 bits per heavy atom. The molecule has 0 amide bonds. The fraction of sp³-hybridized carbons (Fsp3) is 0.500. The van der Waals surface area contributed by atoms with E-state index in [-0.39, 0.29) is 5.41 Å². The van der Waals surface area contributed by atoms with Crippen LogP contribution in [-0.4, -0.2) is 7.11 Å². The summed E-state index contributed by atoms with van der Waals surface area (Å²) in [6, 6.07) is 10.2. The Kier molecular flexibility index (Phi) is 3.38. The molecule has 0 spiro atoms. The number of methoxy groups -OCH3 is 1. The summed E-state index contributed by atoms with van der Waals surface area (Å²) in [4.78, 5) is 0. The van der Waals surface area contributed by atoms with Crippen LogP contribution in [0.15, 0.2) is 30.3 Å². The third kappa shape index (κ3) is 2.01. The van der Waals surface area contributed by atoms with E-state index in [1.807, 2.05) is 18.2 Å². The molecule has 0 N–H and O–H groups in total. The molecule has 0 fully saturated rings. The molecule has 14 heavy (non-hydrogen) atoms. The summed E-state index contributed by atoms with van der Waals surface area (Å²) in [5.74, 6) is 0. The van der Waals surface area contributed by atoms with E-state index in [1.165, 1.54) is 0 Å². The molecule has 1 aromatic carbocycles. The van der Waals surface area contributed by atoms with Gasteiger partial charge in [0, 0.05) is 12.5 Å². The predicted octanol–water partition coefficient (Wildman–Crippen LogP) is 3.93. The van der Waals surface area contributed by atoms with Crippen molar-refractivity contribution in [3.05, 3.63) is 35.9 Å². The highest BCUT2D eigenvalue weighted by molar-refractivity contribution is 9.09. The fourth-order valence-corrected chi connectivity index (χ4v) is 1.77. The highest BCUT2D eigenvalue weighted by Crippen LogP contribution is 2.47. The Hall–Kier alpha value is -0.340. The van der Waals surface area contributed by atoms with E-state index in [0.29, 0.717) is 0 Å². The number of hydrogen-bond donors (Lipinski definition) is 0. The molecule has 0 saturated carbocycles. The van der Waals surface area contributed by atoms with Crippen molar-refractivity contribution in [1.82, 2.24) is 0 Å². The normalized spacial score (nSPS) is 16.4. The first-order chi connectivity index (χ1) is 6.42. The van der Waals surface area contributed by atoms with Crippen molar-refractivity contribution in [2.24, 2.45) is 5.41 Å². The van der Waals surface area contributed by atoms with Crippen LogP contribution in [0.5, 0.6) is 0 Å². The minimum absolute atomic E-state index is 0.00308. The zero-order valence-electron chi connectivity index (χ0n) is 9.17. The lowest BCUT2D eigenvalue weighted by Gasteiger charge is -2.39. The summed E-state index contributed by atoms with van der Waals surface area (Å²) in [5, 5.41) is 0. The summed E-state index contributed by atoms with van der Waals surface area (Å²) in [6.45, 7) is 6.45. The van der Waals surface area contributed by atoms with Crippen molar-refractivity contribution in [1.29, 1.82) is 0 Å². The van der Waals surface area contributed by atoms with Gasteiger partial charge in [-0.25, -0.2) is 0 Å². The Morgan fingerprint density at radius 1 is 1.07 bits per heavy atom. The molecular formula is C12H17BrO. The number of ether oxygens (including phenoxy) is 1. The third-order valence-electron chi connectivity index (χ3n) is 2.39. The minimum Gasteiger partial charge on any atom is -0.362 e. The van der Waals surface area contributed by atoms with Gasteiger partial charge in [0.05, 0.1) is 0 Å². The second-order valence-electron chi connectivity index (χ2n) is 4.42. The van der Waals surface area contributed by atoms with Crippen molar-refractivity contribution < 1.29 is 4.74 Å². The average molecular weight is 257 g/mol. The zero-order chi connectivity index (χ0) is 10.8. The van der Waals surface area contributed by atoms with Gasteiger partial charge < -0.3 is 4.74 Å². The van der Waals surface area contributed by atoms with E-state index in [9.17, 15) is 0 Å². The highest BCUT2D eigenvalue weighted by Gasteiger charge is 2.41. The third-order valence-corrected chi connectivity index (χ3v) is 4.36. The molecule has 1 atom stereocenters. The molecule has 0 aliphatic rings. The molecule has 1 nitrogen and oxygen atoms in total. The van der Waals surface area contributed by atoms with E-state index in [4.69, 9.17) is 4.74 Å².